The third kappa shape index (κ3) is 1.61. The zero-order valence-electron chi connectivity index (χ0n) is 8.75. The third-order valence-electron chi connectivity index (χ3n) is 2.21. The molecule has 0 aliphatic rings. The van der Waals surface area contributed by atoms with E-state index in [-0.39, 0.29) is 0 Å². The van der Waals surface area contributed by atoms with Crippen LogP contribution in [0.25, 0.3) is 11.2 Å². The molecule has 0 fully saturated rings. The summed E-state index contributed by atoms with van der Waals surface area (Å²) in [6, 6.07) is 0. The SMILES string of the molecule is CN(CCN)c1ncnc2nnn(C)c12. The molecule has 0 aliphatic carbocycles. The summed E-state index contributed by atoms with van der Waals surface area (Å²) in [6.07, 6.45) is 1.49. The largest absolute Gasteiger partial charge is 0.356 e. The number of nitrogens with two attached hydrogens (primary N) is 1. The molecule has 0 saturated carbocycles. The standard InChI is InChI=1S/C8H13N7/c1-14(4-3-9)8-6-7(10-5-11-8)12-13-15(6)2/h5H,3-4,9H2,1-2H3. The number of likely N-dealkylation sites (N-methyl/N-ethyl adjacent to an activating group) is 1. The fourth-order valence-corrected chi connectivity index (χ4v) is 1.46. The Labute approximate surface area is 86.9 Å². The normalized spacial score (nSPS) is 10.9. The van der Waals surface area contributed by atoms with Gasteiger partial charge in [-0.15, -0.1) is 5.10 Å². The molecule has 15 heavy (non-hydrogen) atoms. The maximum absolute atomic E-state index is 5.50. The fourth-order valence-electron chi connectivity index (χ4n) is 1.46. The van der Waals surface area contributed by atoms with Crippen molar-refractivity contribution in [2.24, 2.45) is 12.8 Å². The summed E-state index contributed by atoms with van der Waals surface area (Å²) < 4.78 is 1.66. The van der Waals surface area contributed by atoms with E-state index in [4.69, 9.17) is 5.73 Å². The van der Waals surface area contributed by atoms with Gasteiger partial charge in [0.15, 0.2) is 5.82 Å². The first-order valence-corrected chi connectivity index (χ1v) is 4.65. The van der Waals surface area contributed by atoms with Crippen LogP contribution in [0.5, 0.6) is 0 Å². The highest BCUT2D eigenvalue weighted by molar-refractivity contribution is 5.82. The van der Waals surface area contributed by atoms with Crippen LogP contribution in [0.4, 0.5) is 5.82 Å². The molecule has 0 radical (unpaired) electrons. The minimum absolute atomic E-state index is 0.577. The van der Waals surface area contributed by atoms with Gasteiger partial charge >= 0.3 is 0 Å². The number of nitrogens with zero attached hydrogens (tertiary/aromatic N) is 6. The van der Waals surface area contributed by atoms with E-state index in [0.717, 1.165) is 17.9 Å². The van der Waals surface area contributed by atoms with Gasteiger partial charge in [0, 0.05) is 27.2 Å². The highest BCUT2D eigenvalue weighted by atomic mass is 15.4. The quantitative estimate of drug-likeness (QED) is 0.705. The summed E-state index contributed by atoms with van der Waals surface area (Å²) in [5, 5.41) is 7.83. The van der Waals surface area contributed by atoms with Crippen LogP contribution in [0, 0.1) is 0 Å². The van der Waals surface area contributed by atoms with Crippen molar-refractivity contribution in [1.82, 2.24) is 25.0 Å². The molecule has 2 aromatic heterocycles. The van der Waals surface area contributed by atoms with Gasteiger partial charge in [-0.1, -0.05) is 5.21 Å². The predicted molar refractivity (Wildman–Crippen MR) is 56.4 cm³/mol. The molecule has 0 amide bonds. The number of aryl methyl sites for hydroxylation is 1. The van der Waals surface area contributed by atoms with Crippen molar-refractivity contribution in [3.8, 4) is 0 Å². The second-order valence-corrected chi connectivity index (χ2v) is 3.29. The van der Waals surface area contributed by atoms with E-state index in [0.29, 0.717) is 12.2 Å². The number of hydrogen-bond donors (Lipinski definition) is 1. The lowest BCUT2D eigenvalue weighted by Crippen LogP contribution is -2.26. The van der Waals surface area contributed by atoms with E-state index < -0.39 is 0 Å². The maximum atomic E-state index is 5.50. The van der Waals surface area contributed by atoms with Crippen LogP contribution in [0.1, 0.15) is 0 Å². The van der Waals surface area contributed by atoms with Gasteiger partial charge in [-0.2, -0.15) is 0 Å². The molecule has 2 heterocycles. The lowest BCUT2D eigenvalue weighted by Gasteiger charge is -2.17. The van der Waals surface area contributed by atoms with Crippen LogP contribution in [-0.4, -0.2) is 45.1 Å². The maximum Gasteiger partial charge on any atom is 0.207 e. The molecule has 80 valence electrons. The van der Waals surface area contributed by atoms with Crippen molar-refractivity contribution >= 4 is 17.0 Å². The summed E-state index contributed by atoms with van der Waals surface area (Å²) in [4.78, 5) is 10.2. The Hall–Kier alpha value is -1.76. The Kier molecular flexibility index (Phi) is 2.46. The summed E-state index contributed by atoms with van der Waals surface area (Å²) in [6.45, 7) is 1.31. The monoisotopic (exact) mass is 207 g/mol. The Bertz CT molecular complexity index is 463. The lowest BCUT2D eigenvalue weighted by molar-refractivity contribution is 0.733. The van der Waals surface area contributed by atoms with Crippen molar-refractivity contribution in [2.75, 3.05) is 25.0 Å². The lowest BCUT2D eigenvalue weighted by atomic mass is 10.4. The van der Waals surface area contributed by atoms with Gasteiger partial charge in [-0.25, -0.2) is 14.6 Å². The predicted octanol–water partition coefficient (Wildman–Crippen LogP) is -0.847. The van der Waals surface area contributed by atoms with Crippen LogP contribution in [0.3, 0.4) is 0 Å². The molecular weight excluding hydrogens is 194 g/mol. The first kappa shape index (κ1) is 9.78. The van der Waals surface area contributed by atoms with Gasteiger partial charge in [0.2, 0.25) is 5.65 Å². The number of aromatic nitrogens is 5. The van der Waals surface area contributed by atoms with Crippen LogP contribution < -0.4 is 10.6 Å². The number of anilines is 1. The van der Waals surface area contributed by atoms with Crippen molar-refractivity contribution in [3.05, 3.63) is 6.33 Å². The van der Waals surface area contributed by atoms with Gasteiger partial charge in [-0.3, -0.25) is 0 Å². The minimum Gasteiger partial charge on any atom is -0.356 e. The summed E-state index contributed by atoms with van der Waals surface area (Å²) in [7, 11) is 3.75. The smallest absolute Gasteiger partial charge is 0.207 e. The topological polar surface area (TPSA) is 85.8 Å². The summed E-state index contributed by atoms with van der Waals surface area (Å²) >= 11 is 0. The van der Waals surface area contributed by atoms with Crippen molar-refractivity contribution in [1.29, 1.82) is 0 Å². The summed E-state index contributed by atoms with van der Waals surface area (Å²) in [5.41, 5.74) is 6.93. The van der Waals surface area contributed by atoms with Gasteiger partial charge in [0.1, 0.15) is 11.8 Å². The molecule has 2 N–H and O–H groups in total. The molecule has 2 rings (SSSR count). The average Bonchev–Trinajstić information content (AvgIpc) is 2.61. The van der Waals surface area contributed by atoms with E-state index in [1.807, 2.05) is 19.0 Å². The second-order valence-electron chi connectivity index (χ2n) is 3.29. The molecule has 2 aromatic rings. The molecule has 0 atom stereocenters. The minimum atomic E-state index is 0.577. The van der Waals surface area contributed by atoms with Gasteiger partial charge in [-0.05, 0) is 0 Å². The Morgan fingerprint density at radius 2 is 2.27 bits per heavy atom. The van der Waals surface area contributed by atoms with Gasteiger partial charge < -0.3 is 10.6 Å². The molecular formula is C8H13N7. The fraction of sp³-hybridized carbons (Fsp3) is 0.500. The zero-order chi connectivity index (χ0) is 10.8. The van der Waals surface area contributed by atoms with Crippen LogP contribution in [-0.2, 0) is 7.05 Å². The molecule has 7 nitrogen and oxygen atoms in total. The van der Waals surface area contributed by atoms with Crippen LogP contribution in [0.15, 0.2) is 6.33 Å². The molecule has 0 aromatic carbocycles. The first-order chi connectivity index (χ1) is 7.24. The van der Waals surface area contributed by atoms with Crippen molar-refractivity contribution in [2.45, 2.75) is 0 Å². The van der Waals surface area contributed by atoms with E-state index in [9.17, 15) is 0 Å². The van der Waals surface area contributed by atoms with E-state index >= 15 is 0 Å². The van der Waals surface area contributed by atoms with E-state index in [1.165, 1.54) is 6.33 Å². The van der Waals surface area contributed by atoms with E-state index in [1.54, 1.807) is 4.68 Å². The molecule has 0 bridgehead atoms. The van der Waals surface area contributed by atoms with E-state index in [2.05, 4.69) is 20.3 Å². The highest BCUT2D eigenvalue weighted by Gasteiger charge is 2.12. The Morgan fingerprint density at radius 1 is 1.47 bits per heavy atom. The average molecular weight is 207 g/mol. The third-order valence-corrected chi connectivity index (χ3v) is 2.21. The van der Waals surface area contributed by atoms with Crippen LogP contribution in [0.2, 0.25) is 0 Å². The number of rotatable bonds is 3. The number of hydrogen-bond acceptors (Lipinski definition) is 6. The Balaban J connectivity index is 2.54. The second kappa shape index (κ2) is 3.77. The number of fused-ring (bicyclic) bond motifs is 1. The van der Waals surface area contributed by atoms with Crippen molar-refractivity contribution in [3.63, 3.8) is 0 Å². The molecule has 0 saturated heterocycles. The van der Waals surface area contributed by atoms with Crippen molar-refractivity contribution < 1.29 is 0 Å². The zero-order valence-corrected chi connectivity index (χ0v) is 8.75. The first-order valence-electron chi connectivity index (χ1n) is 4.65. The van der Waals surface area contributed by atoms with Gasteiger partial charge in [0.05, 0.1) is 0 Å². The Morgan fingerprint density at radius 3 is 3.00 bits per heavy atom. The van der Waals surface area contributed by atoms with Crippen LogP contribution >= 0.6 is 0 Å². The molecule has 0 aliphatic heterocycles. The molecule has 0 unspecified atom stereocenters. The van der Waals surface area contributed by atoms with Gasteiger partial charge in [0.25, 0.3) is 0 Å². The highest BCUT2D eigenvalue weighted by Crippen LogP contribution is 2.18. The molecule has 7 heteroatoms. The summed E-state index contributed by atoms with van der Waals surface area (Å²) in [5.74, 6) is 0.804. The molecule has 0 spiro atoms.